The first-order valence-corrected chi connectivity index (χ1v) is 14.8. The fourth-order valence-corrected chi connectivity index (χ4v) is 4.98. The summed E-state index contributed by atoms with van der Waals surface area (Å²) in [7, 11) is 0. The molecule has 0 unspecified atom stereocenters. The lowest BCUT2D eigenvalue weighted by Gasteiger charge is -2.24. The van der Waals surface area contributed by atoms with E-state index in [-0.39, 0.29) is 36.3 Å². The van der Waals surface area contributed by atoms with E-state index in [0.717, 1.165) is 22.3 Å². The van der Waals surface area contributed by atoms with Gasteiger partial charge in [0.25, 0.3) is 0 Å². The molecule has 0 saturated carbocycles. The predicted molar refractivity (Wildman–Crippen MR) is 165 cm³/mol. The van der Waals surface area contributed by atoms with E-state index < -0.39 is 36.0 Å². The molecule has 2 aromatic carbocycles. The van der Waals surface area contributed by atoms with Gasteiger partial charge < -0.3 is 29.8 Å². The fraction of sp³-hybridized carbons (Fsp3) is 0.469. The highest BCUT2D eigenvalue weighted by molar-refractivity contribution is 5.87. The van der Waals surface area contributed by atoms with Crippen LogP contribution in [0.3, 0.4) is 0 Å². The summed E-state index contributed by atoms with van der Waals surface area (Å²) in [6.45, 7) is 13.1. The number of aromatic nitrogens is 2. The number of alkyl carbamates (subject to hydrolysis) is 2. The van der Waals surface area contributed by atoms with Crippen LogP contribution in [0.5, 0.6) is 0 Å². The molecule has 4 rings (SSSR count). The molecule has 1 aliphatic carbocycles. The van der Waals surface area contributed by atoms with E-state index >= 15 is 0 Å². The van der Waals surface area contributed by atoms with Gasteiger partial charge in [0.05, 0.1) is 0 Å². The molecule has 236 valence electrons. The lowest BCUT2D eigenvalue weighted by atomic mass is 9.98. The van der Waals surface area contributed by atoms with Crippen LogP contribution < -0.4 is 21.3 Å². The number of amides is 4. The third-order valence-electron chi connectivity index (χ3n) is 6.93. The number of carbonyl (C=O) groups is 3. The topological polar surface area (TPSA) is 157 Å². The van der Waals surface area contributed by atoms with Crippen LogP contribution in [0.4, 0.5) is 20.4 Å². The van der Waals surface area contributed by atoms with Gasteiger partial charge in [-0.15, -0.1) is 5.10 Å². The Balaban J connectivity index is 1.33. The van der Waals surface area contributed by atoms with Crippen molar-refractivity contribution < 1.29 is 28.3 Å². The molecule has 0 saturated heterocycles. The third-order valence-corrected chi connectivity index (χ3v) is 6.93. The second-order valence-electron chi connectivity index (χ2n) is 12.6. The number of ether oxygens (including phenoxy) is 2. The minimum Gasteiger partial charge on any atom is -0.449 e. The number of nitrogens with zero attached hydrogens (tertiary/aromatic N) is 2. The molecule has 12 heteroatoms. The number of fused-ring (bicyclic) bond motifs is 3. The van der Waals surface area contributed by atoms with E-state index in [1.54, 1.807) is 20.8 Å². The lowest BCUT2D eigenvalue weighted by molar-refractivity contribution is 0.0489. The van der Waals surface area contributed by atoms with Crippen molar-refractivity contribution in [3.63, 3.8) is 0 Å². The first kappa shape index (κ1) is 32.3. The smallest absolute Gasteiger partial charge is 0.408 e. The minimum atomic E-state index is -0.754. The molecular formula is C32H42N6O6. The second kappa shape index (κ2) is 13.8. The average molecular weight is 607 g/mol. The van der Waals surface area contributed by atoms with E-state index in [0.29, 0.717) is 6.42 Å². The second-order valence-corrected chi connectivity index (χ2v) is 12.6. The van der Waals surface area contributed by atoms with E-state index in [1.807, 2.05) is 64.1 Å². The van der Waals surface area contributed by atoms with Crippen LogP contribution in [0.1, 0.15) is 83.9 Å². The number of benzene rings is 2. The van der Waals surface area contributed by atoms with Gasteiger partial charge in [0.1, 0.15) is 24.4 Å². The Hall–Kier alpha value is -4.61. The van der Waals surface area contributed by atoms with Gasteiger partial charge in [-0.2, -0.15) is 0 Å². The third kappa shape index (κ3) is 8.48. The van der Waals surface area contributed by atoms with Gasteiger partial charge in [-0.05, 0) is 61.3 Å². The van der Waals surface area contributed by atoms with Gasteiger partial charge >= 0.3 is 24.2 Å². The van der Waals surface area contributed by atoms with Gasteiger partial charge in [-0.25, -0.2) is 14.4 Å². The van der Waals surface area contributed by atoms with Gasteiger partial charge in [-0.1, -0.05) is 81.3 Å². The highest BCUT2D eigenvalue weighted by Crippen LogP contribution is 2.44. The molecule has 0 bridgehead atoms. The first-order valence-electron chi connectivity index (χ1n) is 14.8. The molecule has 3 aromatic rings. The van der Waals surface area contributed by atoms with Crippen LogP contribution in [0.15, 0.2) is 52.9 Å². The summed E-state index contributed by atoms with van der Waals surface area (Å²) >= 11 is 0. The van der Waals surface area contributed by atoms with E-state index in [4.69, 9.17) is 13.9 Å². The van der Waals surface area contributed by atoms with Crippen molar-refractivity contribution in [3.8, 4) is 11.1 Å². The summed E-state index contributed by atoms with van der Waals surface area (Å²) in [5.74, 6) is 0.0558. The van der Waals surface area contributed by atoms with Gasteiger partial charge in [0.2, 0.25) is 5.89 Å². The fourth-order valence-electron chi connectivity index (χ4n) is 4.98. The first-order chi connectivity index (χ1) is 20.8. The molecule has 1 heterocycles. The Labute approximate surface area is 257 Å². The zero-order valence-corrected chi connectivity index (χ0v) is 26.3. The van der Waals surface area contributed by atoms with Crippen LogP contribution in [-0.2, 0) is 9.47 Å². The van der Waals surface area contributed by atoms with Crippen molar-refractivity contribution in [2.75, 3.05) is 11.9 Å². The number of anilines is 1. The van der Waals surface area contributed by atoms with Crippen LogP contribution in [0.25, 0.3) is 11.1 Å². The van der Waals surface area contributed by atoms with Crippen LogP contribution in [-0.4, -0.2) is 46.8 Å². The molecule has 0 spiro atoms. The number of hydrogen-bond donors (Lipinski definition) is 4. The molecule has 0 fully saturated rings. The summed E-state index contributed by atoms with van der Waals surface area (Å²) in [4.78, 5) is 38.0. The molecular weight excluding hydrogens is 564 g/mol. The highest BCUT2D eigenvalue weighted by atomic mass is 16.6. The van der Waals surface area contributed by atoms with Gasteiger partial charge in [0, 0.05) is 5.92 Å². The maximum atomic E-state index is 12.8. The quantitative estimate of drug-likeness (QED) is 0.195. The van der Waals surface area contributed by atoms with Crippen molar-refractivity contribution in [1.82, 2.24) is 26.1 Å². The number of urea groups is 1. The maximum absolute atomic E-state index is 12.8. The summed E-state index contributed by atoms with van der Waals surface area (Å²) in [6, 6.07) is 14.7. The van der Waals surface area contributed by atoms with Crippen molar-refractivity contribution in [2.24, 2.45) is 11.8 Å². The largest absolute Gasteiger partial charge is 0.449 e. The predicted octanol–water partition coefficient (Wildman–Crippen LogP) is 6.32. The molecule has 4 N–H and O–H groups in total. The standard InChI is InChI=1S/C32H42N6O6/c1-18(2)16-25(33-31(41)44-32(5,6)7)27-37-38-29(43-27)36-28(39)34-26(19(3)4)35-30(40)42-17-24-22-14-10-8-12-20(22)21-13-9-11-15-23(21)24/h8-15,18-19,24-26H,16-17H2,1-7H3,(H,33,41)(H,35,40)(H2,34,36,38,39)/t25-,26-/m0/s1. The highest BCUT2D eigenvalue weighted by Gasteiger charge is 2.30. The Morgan fingerprint density at radius 1 is 0.864 bits per heavy atom. The summed E-state index contributed by atoms with van der Waals surface area (Å²) < 4.78 is 16.6. The molecule has 2 atom stereocenters. The number of hydrogen-bond acceptors (Lipinski definition) is 8. The molecule has 44 heavy (non-hydrogen) atoms. The van der Waals surface area contributed by atoms with Gasteiger partial charge in [0.15, 0.2) is 0 Å². The van der Waals surface area contributed by atoms with Crippen molar-refractivity contribution in [2.45, 2.75) is 78.6 Å². The number of carbonyl (C=O) groups excluding carboxylic acids is 3. The average Bonchev–Trinajstić information content (AvgIpc) is 3.52. The number of nitrogens with one attached hydrogen (secondary N) is 4. The maximum Gasteiger partial charge on any atom is 0.408 e. The van der Waals surface area contributed by atoms with Crippen LogP contribution >= 0.6 is 0 Å². The molecule has 1 aliphatic rings. The Morgan fingerprint density at radius 2 is 1.48 bits per heavy atom. The van der Waals surface area contributed by atoms with Crippen molar-refractivity contribution in [1.29, 1.82) is 0 Å². The lowest BCUT2D eigenvalue weighted by Crippen LogP contribution is -2.52. The Kier molecular flexibility index (Phi) is 10.1. The molecule has 0 radical (unpaired) electrons. The zero-order valence-electron chi connectivity index (χ0n) is 26.3. The zero-order chi connectivity index (χ0) is 32.0. The monoisotopic (exact) mass is 606 g/mol. The van der Waals surface area contributed by atoms with E-state index in [1.165, 1.54) is 0 Å². The van der Waals surface area contributed by atoms with E-state index in [9.17, 15) is 14.4 Å². The van der Waals surface area contributed by atoms with Crippen LogP contribution in [0, 0.1) is 11.8 Å². The van der Waals surface area contributed by atoms with E-state index in [2.05, 4.69) is 43.6 Å². The molecule has 0 aliphatic heterocycles. The molecule has 12 nitrogen and oxygen atoms in total. The Bertz CT molecular complexity index is 1420. The van der Waals surface area contributed by atoms with Gasteiger partial charge in [-0.3, -0.25) is 5.32 Å². The summed E-state index contributed by atoms with van der Waals surface area (Å²) in [6.07, 6.45) is -1.52. The summed E-state index contributed by atoms with van der Waals surface area (Å²) in [5.41, 5.74) is 3.81. The SMILES string of the molecule is CC(C)C[C@H](NC(=O)OC(C)(C)C)c1nnc(NC(=O)N[C@@H](NC(=O)OCC2c3ccccc3-c3ccccc32)C(C)C)o1. The molecule has 1 aromatic heterocycles. The Morgan fingerprint density at radius 3 is 2.05 bits per heavy atom. The minimum absolute atomic E-state index is 0.0852. The van der Waals surface area contributed by atoms with Crippen molar-refractivity contribution in [3.05, 3.63) is 65.5 Å². The normalized spacial score (nSPS) is 13.9. The summed E-state index contributed by atoms with van der Waals surface area (Å²) in [5, 5.41) is 18.6. The molecule has 4 amide bonds. The van der Waals surface area contributed by atoms with Crippen LogP contribution in [0.2, 0.25) is 0 Å². The number of rotatable bonds is 10. The van der Waals surface area contributed by atoms with Crippen molar-refractivity contribution >= 4 is 24.2 Å².